The van der Waals surface area contributed by atoms with Crippen LogP contribution in [0.15, 0.2) is 24.4 Å². The zero-order valence-corrected chi connectivity index (χ0v) is 8.52. The molecule has 0 saturated carbocycles. The van der Waals surface area contributed by atoms with Gasteiger partial charge in [-0.05, 0) is 24.6 Å². The molecule has 0 saturated heterocycles. The van der Waals surface area contributed by atoms with E-state index in [0.717, 1.165) is 18.3 Å². The van der Waals surface area contributed by atoms with Gasteiger partial charge in [0.2, 0.25) is 0 Å². The van der Waals surface area contributed by atoms with E-state index in [9.17, 15) is 13.2 Å². The number of pyridine rings is 1. The van der Waals surface area contributed by atoms with E-state index in [2.05, 4.69) is 4.98 Å². The van der Waals surface area contributed by atoms with E-state index < -0.39 is 11.7 Å². The van der Waals surface area contributed by atoms with Gasteiger partial charge in [-0.3, -0.25) is 4.98 Å². The van der Waals surface area contributed by atoms with Gasteiger partial charge in [0.1, 0.15) is 0 Å². The Kier molecular flexibility index (Phi) is 4.15. The number of hydrogen-bond acceptors (Lipinski definition) is 1. The van der Waals surface area contributed by atoms with Gasteiger partial charge in [-0.2, -0.15) is 13.2 Å². The fourth-order valence-electron chi connectivity index (χ4n) is 0.983. The second-order valence-electron chi connectivity index (χ2n) is 2.85. The van der Waals surface area contributed by atoms with Crippen LogP contribution in [0.25, 0.3) is 6.08 Å². The summed E-state index contributed by atoms with van der Waals surface area (Å²) in [6.45, 7) is 0. The van der Waals surface area contributed by atoms with Crippen LogP contribution in [-0.2, 0) is 6.18 Å². The van der Waals surface area contributed by atoms with Crippen molar-refractivity contribution >= 4 is 17.7 Å². The third kappa shape index (κ3) is 3.91. The molecule has 0 fully saturated rings. The standard InChI is InChI=1S/C10H9ClF3N/c11-5-2-1-3-9-7-8(4-6-15-9)10(12,13)14/h1,3-4,6-7H,2,5H2. The SMILES string of the molecule is FC(F)(F)c1ccnc(C=CCCCl)c1. The van der Waals surface area contributed by atoms with E-state index in [1.54, 1.807) is 6.08 Å². The molecule has 0 bridgehead atoms. The highest BCUT2D eigenvalue weighted by Crippen LogP contribution is 2.29. The first-order valence-electron chi connectivity index (χ1n) is 4.30. The van der Waals surface area contributed by atoms with Gasteiger partial charge in [0, 0.05) is 12.1 Å². The number of hydrogen-bond donors (Lipinski definition) is 0. The van der Waals surface area contributed by atoms with E-state index in [1.807, 2.05) is 0 Å². The number of allylic oxidation sites excluding steroid dienone is 1. The molecule has 0 N–H and O–H groups in total. The molecule has 15 heavy (non-hydrogen) atoms. The minimum absolute atomic E-state index is 0.287. The van der Waals surface area contributed by atoms with E-state index in [4.69, 9.17) is 11.6 Å². The van der Waals surface area contributed by atoms with Crippen LogP contribution >= 0.6 is 11.6 Å². The lowest BCUT2D eigenvalue weighted by molar-refractivity contribution is -0.137. The normalized spacial score (nSPS) is 12.3. The number of halogens is 4. The van der Waals surface area contributed by atoms with Gasteiger partial charge < -0.3 is 0 Å². The molecule has 1 aromatic rings. The monoisotopic (exact) mass is 235 g/mol. The zero-order chi connectivity index (χ0) is 11.3. The van der Waals surface area contributed by atoms with Crippen molar-refractivity contribution in [1.82, 2.24) is 4.98 Å². The first kappa shape index (κ1) is 12.0. The Morgan fingerprint density at radius 3 is 2.73 bits per heavy atom. The molecule has 1 rings (SSSR count). The Bertz CT molecular complexity index is 347. The smallest absolute Gasteiger partial charge is 0.257 e. The second kappa shape index (κ2) is 5.16. The summed E-state index contributed by atoms with van der Waals surface area (Å²) in [7, 11) is 0. The van der Waals surface area contributed by atoms with Crippen molar-refractivity contribution in [2.45, 2.75) is 12.6 Å². The van der Waals surface area contributed by atoms with Gasteiger partial charge in [-0.15, -0.1) is 11.6 Å². The van der Waals surface area contributed by atoms with Gasteiger partial charge in [0.15, 0.2) is 0 Å². The first-order valence-corrected chi connectivity index (χ1v) is 4.83. The topological polar surface area (TPSA) is 12.9 Å². The molecule has 0 radical (unpaired) electrons. The number of nitrogens with zero attached hydrogens (tertiary/aromatic N) is 1. The zero-order valence-electron chi connectivity index (χ0n) is 7.76. The predicted molar refractivity (Wildman–Crippen MR) is 53.6 cm³/mol. The fraction of sp³-hybridized carbons (Fsp3) is 0.300. The minimum atomic E-state index is -4.32. The molecular weight excluding hydrogens is 227 g/mol. The summed E-state index contributed by atoms with van der Waals surface area (Å²) in [4.78, 5) is 3.79. The Balaban J connectivity index is 2.84. The Morgan fingerprint density at radius 1 is 1.40 bits per heavy atom. The molecule has 0 unspecified atom stereocenters. The lowest BCUT2D eigenvalue weighted by Gasteiger charge is -2.05. The molecule has 1 heterocycles. The van der Waals surface area contributed by atoms with Gasteiger partial charge in [-0.25, -0.2) is 0 Å². The van der Waals surface area contributed by atoms with Gasteiger partial charge in [0.05, 0.1) is 11.3 Å². The van der Waals surface area contributed by atoms with Crippen LogP contribution < -0.4 is 0 Å². The van der Waals surface area contributed by atoms with Crippen LogP contribution in [0.2, 0.25) is 0 Å². The third-order valence-electron chi connectivity index (χ3n) is 1.67. The molecule has 0 amide bonds. The van der Waals surface area contributed by atoms with Crippen LogP contribution in [0.1, 0.15) is 17.7 Å². The minimum Gasteiger partial charge on any atom is -0.257 e. The number of rotatable bonds is 3. The van der Waals surface area contributed by atoms with Crippen molar-refractivity contribution in [3.8, 4) is 0 Å². The van der Waals surface area contributed by atoms with E-state index >= 15 is 0 Å². The summed E-state index contributed by atoms with van der Waals surface area (Å²) < 4.78 is 36.8. The van der Waals surface area contributed by atoms with Gasteiger partial charge >= 0.3 is 6.18 Å². The number of aromatic nitrogens is 1. The molecule has 5 heteroatoms. The van der Waals surface area contributed by atoms with E-state index in [1.165, 1.54) is 6.08 Å². The van der Waals surface area contributed by atoms with Gasteiger partial charge in [0.25, 0.3) is 0 Å². The summed E-state index contributed by atoms with van der Waals surface area (Å²) in [5, 5.41) is 0. The fourth-order valence-corrected chi connectivity index (χ4v) is 1.11. The van der Waals surface area contributed by atoms with E-state index in [0.29, 0.717) is 12.3 Å². The van der Waals surface area contributed by atoms with Crippen LogP contribution in [0, 0.1) is 0 Å². The first-order chi connectivity index (χ1) is 7.04. The highest BCUT2D eigenvalue weighted by atomic mass is 35.5. The van der Waals surface area contributed by atoms with Crippen LogP contribution in [0.3, 0.4) is 0 Å². The van der Waals surface area contributed by atoms with Crippen LogP contribution in [0.4, 0.5) is 13.2 Å². The molecule has 0 aliphatic carbocycles. The van der Waals surface area contributed by atoms with Gasteiger partial charge in [-0.1, -0.05) is 6.08 Å². The maximum absolute atomic E-state index is 12.3. The van der Waals surface area contributed by atoms with Crippen molar-refractivity contribution < 1.29 is 13.2 Å². The van der Waals surface area contributed by atoms with Crippen molar-refractivity contribution in [2.75, 3.05) is 5.88 Å². The lowest BCUT2D eigenvalue weighted by atomic mass is 10.2. The lowest BCUT2D eigenvalue weighted by Crippen LogP contribution is -2.05. The average Bonchev–Trinajstić information content (AvgIpc) is 2.17. The highest BCUT2D eigenvalue weighted by molar-refractivity contribution is 6.17. The molecule has 0 aliphatic rings. The van der Waals surface area contributed by atoms with Crippen LogP contribution in [0.5, 0.6) is 0 Å². The summed E-state index contributed by atoms with van der Waals surface area (Å²) in [5.41, 5.74) is -0.405. The Morgan fingerprint density at radius 2 is 2.13 bits per heavy atom. The predicted octanol–water partition coefficient (Wildman–Crippen LogP) is 3.74. The molecule has 0 aromatic carbocycles. The van der Waals surface area contributed by atoms with Crippen LogP contribution in [-0.4, -0.2) is 10.9 Å². The van der Waals surface area contributed by atoms with E-state index in [-0.39, 0.29) is 5.69 Å². The third-order valence-corrected chi connectivity index (χ3v) is 1.89. The molecule has 1 nitrogen and oxygen atoms in total. The quantitative estimate of drug-likeness (QED) is 0.728. The van der Waals surface area contributed by atoms with Crippen molar-refractivity contribution in [3.63, 3.8) is 0 Å². The molecule has 0 atom stereocenters. The summed E-state index contributed by atoms with van der Waals surface area (Å²) in [6, 6.07) is 1.95. The molecule has 0 aliphatic heterocycles. The van der Waals surface area contributed by atoms with Crippen molar-refractivity contribution in [2.24, 2.45) is 0 Å². The average molecular weight is 236 g/mol. The maximum Gasteiger partial charge on any atom is 0.416 e. The molecule has 82 valence electrons. The number of alkyl halides is 4. The second-order valence-corrected chi connectivity index (χ2v) is 3.23. The Labute approximate surface area is 90.6 Å². The summed E-state index contributed by atoms with van der Waals surface area (Å²) in [6.07, 6.45) is 0.647. The summed E-state index contributed by atoms with van der Waals surface area (Å²) in [5.74, 6) is 0.440. The highest BCUT2D eigenvalue weighted by Gasteiger charge is 2.30. The molecule has 1 aromatic heterocycles. The Hall–Kier alpha value is -1.03. The summed E-state index contributed by atoms with van der Waals surface area (Å²) >= 11 is 5.42. The molecular formula is C10H9ClF3N. The maximum atomic E-state index is 12.3. The largest absolute Gasteiger partial charge is 0.416 e. The molecule has 0 spiro atoms. The van der Waals surface area contributed by atoms with Crippen molar-refractivity contribution in [1.29, 1.82) is 0 Å². The van der Waals surface area contributed by atoms with Crippen molar-refractivity contribution in [3.05, 3.63) is 35.7 Å².